The third kappa shape index (κ3) is 11.9. The summed E-state index contributed by atoms with van der Waals surface area (Å²) in [6.07, 6.45) is 7.98. The van der Waals surface area contributed by atoms with Crippen molar-refractivity contribution in [1.82, 2.24) is 4.98 Å². The van der Waals surface area contributed by atoms with Crippen LogP contribution in [0.15, 0.2) is 152 Å². The van der Waals surface area contributed by atoms with Gasteiger partial charge in [-0.05, 0) is 139 Å². The molecule has 0 N–H and O–H groups in total. The molecule has 0 saturated heterocycles. The lowest BCUT2D eigenvalue weighted by atomic mass is 9.99. The number of fused-ring (bicyclic) bond motifs is 1. The number of unbranched alkanes of at least 4 members (excludes halogenated alkanes) is 2. The van der Waals surface area contributed by atoms with E-state index in [1.165, 1.54) is 17.3 Å². The molecule has 1 heterocycles. The second kappa shape index (κ2) is 21.7. The third-order valence-electron chi connectivity index (χ3n) is 10.2. The molecule has 62 heavy (non-hydrogen) atoms. The summed E-state index contributed by atoms with van der Waals surface area (Å²) < 4.78 is 21.1. The van der Waals surface area contributed by atoms with E-state index in [4.69, 9.17) is 18.9 Å². The van der Waals surface area contributed by atoms with Crippen LogP contribution in [0.4, 0.5) is 0 Å². The van der Waals surface area contributed by atoms with Crippen molar-refractivity contribution in [1.29, 1.82) is 0 Å². The molecule has 0 amide bonds. The van der Waals surface area contributed by atoms with Gasteiger partial charge in [0.15, 0.2) is 5.78 Å². The van der Waals surface area contributed by atoms with Gasteiger partial charge in [0.25, 0.3) is 0 Å². The van der Waals surface area contributed by atoms with E-state index in [-0.39, 0.29) is 11.6 Å². The molecule has 0 atom stereocenters. The first kappa shape index (κ1) is 44.2. The van der Waals surface area contributed by atoms with E-state index in [1.807, 2.05) is 54.6 Å². The number of carbonyl (C=O) groups excluding carboxylic acids is 4. The summed E-state index contributed by atoms with van der Waals surface area (Å²) in [5, 5.41) is 1.70. The molecule has 314 valence electrons. The van der Waals surface area contributed by atoms with E-state index in [2.05, 4.69) is 18.8 Å². The zero-order valence-electron chi connectivity index (χ0n) is 35.4. The molecule has 7 aromatic rings. The zero-order chi connectivity index (χ0) is 43.8. The second-order valence-electron chi connectivity index (χ2n) is 14.6. The summed E-state index contributed by atoms with van der Waals surface area (Å²) in [6, 6.07) is 42.8. The normalized spacial score (nSPS) is 10.6. The lowest BCUT2D eigenvalue weighted by Gasteiger charge is -2.08. The number of aromatic nitrogens is 1. The van der Waals surface area contributed by atoms with Crippen LogP contribution in [-0.2, 0) is 12.8 Å². The number of hydrogen-bond acceptors (Lipinski definition) is 9. The minimum Gasteiger partial charge on any atom is -0.497 e. The van der Waals surface area contributed by atoms with E-state index < -0.39 is 11.9 Å². The Balaban J connectivity index is 0.000000207. The fraction of sp³-hybridized carbons (Fsp3) is 0.189. The highest BCUT2D eigenvalue weighted by Crippen LogP contribution is 2.24. The fourth-order valence-corrected chi connectivity index (χ4v) is 6.50. The van der Waals surface area contributed by atoms with Gasteiger partial charge in [0.2, 0.25) is 5.78 Å². The van der Waals surface area contributed by atoms with Crippen LogP contribution in [0, 0.1) is 0 Å². The summed E-state index contributed by atoms with van der Waals surface area (Å²) in [5.74, 6) is 1.13. The monoisotopic (exact) mass is 827 g/mol. The Labute approximate surface area is 362 Å². The maximum absolute atomic E-state index is 12.8. The van der Waals surface area contributed by atoms with E-state index in [1.54, 1.807) is 105 Å². The molecule has 0 radical (unpaired) electrons. The zero-order valence-corrected chi connectivity index (χ0v) is 35.4. The van der Waals surface area contributed by atoms with Crippen molar-refractivity contribution >= 4 is 34.3 Å². The number of esters is 2. The average molecular weight is 828 g/mol. The highest BCUT2D eigenvalue weighted by Gasteiger charge is 2.15. The predicted molar refractivity (Wildman–Crippen MR) is 241 cm³/mol. The van der Waals surface area contributed by atoms with E-state index in [0.29, 0.717) is 56.5 Å². The van der Waals surface area contributed by atoms with Gasteiger partial charge >= 0.3 is 11.9 Å². The first-order valence-electron chi connectivity index (χ1n) is 20.7. The Morgan fingerprint density at radius 2 is 0.839 bits per heavy atom. The van der Waals surface area contributed by atoms with Gasteiger partial charge in [-0.25, -0.2) is 9.59 Å². The number of nitrogens with zero attached hydrogens (tertiary/aromatic N) is 1. The third-order valence-corrected chi connectivity index (χ3v) is 10.2. The number of hydrogen-bond donors (Lipinski definition) is 0. The van der Waals surface area contributed by atoms with E-state index >= 15 is 0 Å². The second-order valence-corrected chi connectivity index (χ2v) is 14.6. The first-order valence-corrected chi connectivity index (χ1v) is 20.7. The molecular weight excluding hydrogens is 779 g/mol. The molecule has 0 fully saturated rings. The fourth-order valence-electron chi connectivity index (χ4n) is 6.50. The molecule has 0 aliphatic heterocycles. The van der Waals surface area contributed by atoms with Crippen LogP contribution in [0.25, 0.3) is 10.8 Å². The summed E-state index contributed by atoms with van der Waals surface area (Å²) in [6.45, 7) is 4.32. The molecule has 7 rings (SSSR count). The molecule has 0 saturated carbocycles. The molecule has 9 heteroatoms. The van der Waals surface area contributed by atoms with Crippen molar-refractivity contribution in [3.63, 3.8) is 0 Å². The molecule has 0 unspecified atom stereocenters. The average Bonchev–Trinajstić information content (AvgIpc) is 3.33. The van der Waals surface area contributed by atoms with Crippen LogP contribution >= 0.6 is 0 Å². The van der Waals surface area contributed by atoms with Crippen LogP contribution in [-0.4, -0.2) is 42.7 Å². The quantitative estimate of drug-likeness (QED) is 0.0533. The maximum Gasteiger partial charge on any atom is 0.345 e. The maximum atomic E-state index is 12.8. The number of pyridine rings is 1. The summed E-state index contributed by atoms with van der Waals surface area (Å²) in [4.78, 5) is 54.6. The standard InChI is InChI=1S/C27H29NO3.C26H20O5/c1-3-5-7-20-9-13-22(14-10-20)26(29)25-18-15-23(19-28-25)27(30)31-24-16-11-21(12-17-24)8-6-4-2;1-29-22-9-7-17(8-10-22)25(27)20-5-3-19-16-21(6-4-18(19)15-20)26(28)31-24-13-11-23(30-2)12-14-24/h9-19H,3-8H2,1-2H3;3-16H,1-2H3. The molecule has 0 bridgehead atoms. The minimum atomic E-state index is -0.493. The van der Waals surface area contributed by atoms with Crippen LogP contribution < -0.4 is 18.9 Å². The summed E-state index contributed by atoms with van der Waals surface area (Å²) in [7, 11) is 3.16. The van der Waals surface area contributed by atoms with Crippen molar-refractivity contribution in [3.8, 4) is 23.0 Å². The van der Waals surface area contributed by atoms with Crippen LogP contribution in [0.5, 0.6) is 23.0 Å². The lowest BCUT2D eigenvalue weighted by Crippen LogP contribution is -2.11. The molecular formula is C53H49NO8. The van der Waals surface area contributed by atoms with Crippen LogP contribution in [0.3, 0.4) is 0 Å². The smallest absolute Gasteiger partial charge is 0.345 e. The van der Waals surface area contributed by atoms with Gasteiger partial charge in [-0.15, -0.1) is 0 Å². The highest BCUT2D eigenvalue weighted by molar-refractivity contribution is 6.11. The number of ether oxygens (including phenoxy) is 4. The molecule has 0 aliphatic carbocycles. The lowest BCUT2D eigenvalue weighted by molar-refractivity contribution is 0.0725. The number of ketones is 2. The van der Waals surface area contributed by atoms with Crippen LogP contribution in [0.2, 0.25) is 0 Å². The molecule has 1 aromatic heterocycles. The van der Waals surface area contributed by atoms with Crippen molar-refractivity contribution in [3.05, 3.63) is 196 Å². The Bertz CT molecular complexity index is 2600. The van der Waals surface area contributed by atoms with Crippen molar-refractivity contribution in [2.24, 2.45) is 0 Å². The SMILES string of the molecule is CCCCc1ccc(OC(=O)c2ccc(C(=O)c3ccc(CCCC)cc3)nc2)cc1.COc1ccc(OC(=O)c2ccc3cc(C(=O)c4ccc(OC)cc4)ccc3c2)cc1. The Morgan fingerprint density at radius 1 is 0.435 bits per heavy atom. The number of methoxy groups -OCH3 is 2. The summed E-state index contributed by atoms with van der Waals surface area (Å²) in [5.41, 5.74) is 5.24. The van der Waals surface area contributed by atoms with Gasteiger partial charge < -0.3 is 18.9 Å². The first-order chi connectivity index (χ1) is 30.2. The van der Waals surface area contributed by atoms with Crippen molar-refractivity contribution in [2.75, 3.05) is 14.2 Å². The largest absolute Gasteiger partial charge is 0.497 e. The van der Waals surface area contributed by atoms with E-state index in [0.717, 1.165) is 49.3 Å². The molecule has 0 aliphatic rings. The Kier molecular flexibility index (Phi) is 15.5. The Hall–Kier alpha value is -7.39. The van der Waals surface area contributed by atoms with Gasteiger partial charge in [-0.2, -0.15) is 0 Å². The number of rotatable bonds is 16. The Morgan fingerprint density at radius 3 is 1.35 bits per heavy atom. The number of aryl methyl sites for hydroxylation is 2. The molecule has 9 nitrogen and oxygen atoms in total. The van der Waals surface area contributed by atoms with Gasteiger partial charge in [0.05, 0.1) is 25.3 Å². The topological polar surface area (TPSA) is 118 Å². The highest BCUT2D eigenvalue weighted by atomic mass is 16.5. The molecule has 6 aromatic carbocycles. The van der Waals surface area contributed by atoms with Gasteiger partial charge in [-0.1, -0.05) is 81.3 Å². The van der Waals surface area contributed by atoms with E-state index in [9.17, 15) is 19.2 Å². The van der Waals surface area contributed by atoms with Crippen molar-refractivity contribution in [2.45, 2.75) is 52.4 Å². The molecule has 0 spiro atoms. The minimum absolute atomic E-state index is 0.0763. The van der Waals surface area contributed by atoms with Crippen LogP contribution in [0.1, 0.15) is 103 Å². The van der Waals surface area contributed by atoms with Crippen molar-refractivity contribution < 1.29 is 38.1 Å². The van der Waals surface area contributed by atoms with Gasteiger partial charge in [0, 0.05) is 22.9 Å². The number of carbonyl (C=O) groups is 4. The van der Waals surface area contributed by atoms with Gasteiger partial charge in [0.1, 0.15) is 28.7 Å². The summed E-state index contributed by atoms with van der Waals surface area (Å²) >= 11 is 0. The predicted octanol–water partition coefficient (Wildman–Crippen LogP) is 11.5. The van der Waals surface area contributed by atoms with Gasteiger partial charge in [-0.3, -0.25) is 14.6 Å². The number of benzene rings is 6.